The Hall–Kier alpha value is -0.130. The molecule has 2 fully saturated rings. The molecule has 0 spiro atoms. The Kier molecular flexibility index (Phi) is 5.04. The molecule has 18 heavy (non-hydrogen) atoms. The van der Waals surface area contributed by atoms with Crippen LogP contribution in [0, 0.1) is 5.92 Å². The van der Waals surface area contributed by atoms with Gasteiger partial charge in [-0.05, 0) is 18.8 Å². The van der Waals surface area contributed by atoms with Crippen LogP contribution in [0.4, 0.5) is 0 Å². The zero-order valence-electron chi connectivity index (χ0n) is 11.4. The molecular weight excluding hydrogens is 248 g/mol. The fourth-order valence-electron chi connectivity index (χ4n) is 3.00. The van der Waals surface area contributed by atoms with E-state index in [1.165, 1.54) is 25.7 Å². The van der Waals surface area contributed by atoms with Crippen LogP contribution in [0.5, 0.6) is 0 Å². The average Bonchev–Trinajstić information content (AvgIpc) is 2.34. The van der Waals surface area contributed by atoms with Crippen LogP contribution >= 0.6 is 0 Å². The highest BCUT2D eigenvalue weighted by atomic mass is 32.2. The molecule has 0 bridgehead atoms. The Morgan fingerprint density at radius 1 is 1.17 bits per heavy atom. The lowest BCUT2D eigenvalue weighted by atomic mass is 9.86. The van der Waals surface area contributed by atoms with E-state index in [-0.39, 0.29) is 0 Å². The van der Waals surface area contributed by atoms with Crippen molar-refractivity contribution in [2.45, 2.75) is 38.6 Å². The second-order valence-corrected chi connectivity index (χ2v) is 8.12. The van der Waals surface area contributed by atoms with E-state index in [0.717, 1.165) is 19.0 Å². The minimum atomic E-state index is -2.73. The maximum absolute atomic E-state index is 11.3. The molecule has 2 rings (SSSR count). The van der Waals surface area contributed by atoms with Gasteiger partial charge in [0.1, 0.15) is 0 Å². The third kappa shape index (κ3) is 4.21. The summed E-state index contributed by atoms with van der Waals surface area (Å²) in [5.74, 6) is 1.47. The van der Waals surface area contributed by atoms with Gasteiger partial charge in [0.25, 0.3) is 0 Å². The molecule has 0 amide bonds. The lowest BCUT2D eigenvalue weighted by molar-refractivity contribution is 0.249. The molecule has 0 aromatic rings. The Bertz CT molecular complexity index is 342. The zero-order chi connectivity index (χ0) is 13.0. The quantitative estimate of drug-likeness (QED) is 0.827. The molecule has 0 aromatic heterocycles. The predicted molar refractivity (Wildman–Crippen MR) is 74.5 cm³/mol. The van der Waals surface area contributed by atoms with Gasteiger partial charge >= 0.3 is 0 Å². The molecule has 4 nitrogen and oxygen atoms in total. The van der Waals surface area contributed by atoms with E-state index in [9.17, 15) is 8.42 Å². The lowest BCUT2D eigenvalue weighted by Crippen LogP contribution is -2.46. The molecular formula is C13H26N2O2S. The molecule has 0 aromatic carbocycles. The number of hydrogen-bond donors (Lipinski definition) is 1. The molecule has 1 saturated carbocycles. The van der Waals surface area contributed by atoms with E-state index in [2.05, 4.69) is 17.1 Å². The highest BCUT2D eigenvalue weighted by Gasteiger charge is 2.23. The largest absolute Gasteiger partial charge is 0.312 e. The summed E-state index contributed by atoms with van der Waals surface area (Å²) in [6.45, 7) is 5.74. The smallest absolute Gasteiger partial charge is 0.152 e. The summed E-state index contributed by atoms with van der Waals surface area (Å²) >= 11 is 0. The van der Waals surface area contributed by atoms with Gasteiger partial charge < -0.3 is 10.2 Å². The van der Waals surface area contributed by atoms with Crippen molar-refractivity contribution in [2.24, 2.45) is 5.92 Å². The van der Waals surface area contributed by atoms with Gasteiger partial charge in [0, 0.05) is 32.2 Å². The Labute approximate surface area is 111 Å². The van der Waals surface area contributed by atoms with E-state index < -0.39 is 9.84 Å². The molecule has 0 radical (unpaired) electrons. The van der Waals surface area contributed by atoms with Gasteiger partial charge in [-0.2, -0.15) is 0 Å². The van der Waals surface area contributed by atoms with Gasteiger partial charge in [-0.3, -0.25) is 0 Å². The van der Waals surface area contributed by atoms with Crippen molar-refractivity contribution in [3.63, 3.8) is 0 Å². The zero-order valence-corrected chi connectivity index (χ0v) is 12.2. The van der Waals surface area contributed by atoms with Crippen molar-refractivity contribution < 1.29 is 8.42 Å². The fourth-order valence-corrected chi connectivity index (χ4v) is 4.28. The standard InChI is InChI=1S/C13H26N2O2S/c1-12-4-2-3-5-13(12)14-6-7-15-8-10-18(16,17)11-9-15/h12-14H,2-11H2,1H3. The first-order valence-electron chi connectivity index (χ1n) is 7.23. The van der Waals surface area contributed by atoms with E-state index in [1.807, 2.05) is 0 Å². The van der Waals surface area contributed by atoms with Crippen molar-refractivity contribution in [1.82, 2.24) is 10.2 Å². The van der Waals surface area contributed by atoms with Crippen molar-refractivity contribution in [3.05, 3.63) is 0 Å². The number of sulfone groups is 1. The van der Waals surface area contributed by atoms with Crippen molar-refractivity contribution in [3.8, 4) is 0 Å². The normalized spacial score (nSPS) is 33.4. The molecule has 1 aliphatic carbocycles. The summed E-state index contributed by atoms with van der Waals surface area (Å²) in [6, 6.07) is 0.673. The van der Waals surface area contributed by atoms with E-state index >= 15 is 0 Å². The minimum absolute atomic E-state index is 0.340. The Morgan fingerprint density at radius 2 is 1.83 bits per heavy atom. The van der Waals surface area contributed by atoms with Gasteiger partial charge in [0.15, 0.2) is 9.84 Å². The first kappa shape index (κ1) is 14.3. The predicted octanol–water partition coefficient (Wildman–Crippen LogP) is 0.885. The van der Waals surface area contributed by atoms with Crippen LogP contribution in [-0.4, -0.2) is 57.0 Å². The topological polar surface area (TPSA) is 49.4 Å². The molecule has 1 saturated heterocycles. The summed E-state index contributed by atoms with van der Waals surface area (Å²) in [5.41, 5.74) is 0. The minimum Gasteiger partial charge on any atom is -0.312 e. The van der Waals surface area contributed by atoms with Gasteiger partial charge in [0.05, 0.1) is 11.5 Å². The highest BCUT2D eigenvalue weighted by molar-refractivity contribution is 7.91. The summed E-state index contributed by atoms with van der Waals surface area (Å²) in [7, 11) is -2.73. The molecule has 2 atom stereocenters. The van der Waals surface area contributed by atoms with Crippen LogP contribution < -0.4 is 5.32 Å². The fraction of sp³-hybridized carbons (Fsp3) is 1.00. The van der Waals surface area contributed by atoms with Crippen LogP contribution in [0.15, 0.2) is 0 Å². The molecule has 2 aliphatic rings. The SMILES string of the molecule is CC1CCCCC1NCCN1CCS(=O)(=O)CC1. The molecule has 1 heterocycles. The van der Waals surface area contributed by atoms with Crippen molar-refractivity contribution >= 4 is 9.84 Å². The third-order valence-electron chi connectivity index (χ3n) is 4.38. The first-order chi connectivity index (χ1) is 8.57. The summed E-state index contributed by atoms with van der Waals surface area (Å²) in [5, 5.41) is 3.65. The maximum atomic E-state index is 11.3. The van der Waals surface area contributed by atoms with Gasteiger partial charge in [-0.15, -0.1) is 0 Å². The molecule has 106 valence electrons. The Morgan fingerprint density at radius 3 is 2.50 bits per heavy atom. The van der Waals surface area contributed by atoms with E-state index in [1.54, 1.807) is 0 Å². The number of nitrogens with zero attached hydrogens (tertiary/aromatic N) is 1. The second-order valence-electron chi connectivity index (χ2n) is 5.82. The van der Waals surface area contributed by atoms with E-state index in [0.29, 0.717) is 30.6 Å². The number of rotatable bonds is 4. The molecule has 1 aliphatic heterocycles. The monoisotopic (exact) mass is 274 g/mol. The maximum Gasteiger partial charge on any atom is 0.152 e. The molecule has 2 unspecified atom stereocenters. The van der Waals surface area contributed by atoms with Gasteiger partial charge in [-0.25, -0.2) is 8.42 Å². The van der Waals surface area contributed by atoms with Crippen LogP contribution in [0.3, 0.4) is 0 Å². The number of nitrogens with one attached hydrogen (secondary N) is 1. The van der Waals surface area contributed by atoms with Gasteiger partial charge in [-0.1, -0.05) is 19.8 Å². The highest BCUT2D eigenvalue weighted by Crippen LogP contribution is 2.23. The van der Waals surface area contributed by atoms with Crippen molar-refractivity contribution in [2.75, 3.05) is 37.7 Å². The summed E-state index contributed by atoms with van der Waals surface area (Å²) < 4.78 is 22.6. The molecule has 5 heteroatoms. The molecule has 1 N–H and O–H groups in total. The summed E-state index contributed by atoms with van der Waals surface area (Å²) in [6.07, 6.45) is 5.38. The third-order valence-corrected chi connectivity index (χ3v) is 5.99. The Balaban J connectivity index is 1.63. The van der Waals surface area contributed by atoms with Crippen molar-refractivity contribution in [1.29, 1.82) is 0 Å². The second kappa shape index (κ2) is 6.35. The lowest BCUT2D eigenvalue weighted by Gasteiger charge is -2.31. The van der Waals surface area contributed by atoms with Crippen LogP contribution in [0.25, 0.3) is 0 Å². The van der Waals surface area contributed by atoms with Crippen LogP contribution in [0.2, 0.25) is 0 Å². The van der Waals surface area contributed by atoms with Gasteiger partial charge in [0.2, 0.25) is 0 Å². The average molecular weight is 274 g/mol. The van der Waals surface area contributed by atoms with Crippen LogP contribution in [-0.2, 0) is 9.84 Å². The summed E-state index contributed by atoms with van der Waals surface area (Å²) in [4.78, 5) is 2.27. The van der Waals surface area contributed by atoms with E-state index in [4.69, 9.17) is 0 Å². The number of hydrogen-bond acceptors (Lipinski definition) is 4. The van der Waals surface area contributed by atoms with Crippen LogP contribution in [0.1, 0.15) is 32.6 Å². The first-order valence-corrected chi connectivity index (χ1v) is 9.05.